The van der Waals surface area contributed by atoms with Crippen molar-refractivity contribution in [2.45, 2.75) is 59.7 Å². The van der Waals surface area contributed by atoms with E-state index in [9.17, 15) is 14.4 Å². The molecule has 0 radical (unpaired) electrons. The van der Waals surface area contributed by atoms with Crippen molar-refractivity contribution in [1.82, 2.24) is 9.80 Å². The summed E-state index contributed by atoms with van der Waals surface area (Å²) in [4.78, 5) is 42.4. The van der Waals surface area contributed by atoms with Crippen LogP contribution in [-0.2, 0) is 23.9 Å². The van der Waals surface area contributed by atoms with Gasteiger partial charge in [-0.25, -0.2) is 4.79 Å². The lowest BCUT2D eigenvalue weighted by atomic mass is 10.2. The van der Waals surface area contributed by atoms with E-state index < -0.39 is 17.2 Å². The first kappa shape index (κ1) is 27.0. The molecule has 0 bridgehead atoms. The van der Waals surface area contributed by atoms with E-state index >= 15 is 0 Å². The number of esters is 2. The molecule has 29 heavy (non-hydrogen) atoms. The first-order valence-electron chi connectivity index (χ1n) is 9.83. The maximum atomic E-state index is 12.2. The van der Waals surface area contributed by atoms with Crippen LogP contribution in [0.25, 0.3) is 0 Å². The number of likely N-dealkylation sites (N-methyl/N-ethyl adjacent to an activating group) is 1. The average molecular weight is 416 g/mol. The number of hydrogen-bond donors (Lipinski definition) is 1. The average Bonchev–Trinajstić information content (AvgIpc) is 2.51. The van der Waals surface area contributed by atoms with Crippen LogP contribution in [0.4, 0.5) is 0 Å². The molecule has 0 aliphatic rings. The van der Waals surface area contributed by atoms with Gasteiger partial charge in [0.1, 0.15) is 17.4 Å². The minimum absolute atomic E-state index is 0.0594. The Morgan fingerprint density at radius 3 is 1.72 bits per heavy atom. The van der Waals surface area contributed by atoms with Crippen molar-refractivity contribution in [2.24, 2.45) is 4.99 Å². The van der Waals surface area contributed by atoms with E-state index in [0.717, 1.165) is 6.21 Å². The van der Waals surface area contributed by atoms with Crippen LogP contribution < -0.4 is 0 Å². The predicted molar refractivity (Wildman–Crippen MR) is 111 cm³/mol. The van der Waals surface area contributed by atoms with Crippen LogP contribution in [-0.4, -0.2) is 96.0 Å². The second kappa shape index (κ2) is 12.5. The Balaban J connectivity index is 4.82. The van der Waals surface area contributed by atoms with Crippen molar-refractivity contribution in [3.05, 3.63) is 0 Å². The number of carboxylic acids is 1. The van der Waals surface area contributed by atoms with E-state index in [0.29, 0.717) is 26.2 Å². The topological polar surface area (TPSA) is 109 Å². The lowest BCUT2D eigenvalue weighted by Gasteiger charge is -2.28. The number of carboxylic acid groups (broad SMARTS) is 1. The fraction of sp³-hybridized carbons (Fsp3) is 0.800. The third-order valence-corrected chi connectivity index (χ3v) is 3.47. The molecule has 0 rings (SSSR count). The van der Waals surface area contributed by atoms with Crippen LogP contribution in [0.5, 0.6) is 0 Å². The fourth-order valence-electron chi connectivity index (χ4n) is 2.36. The number of ether oxygens (including phenoxy) is 2. The Labute approximate surface area is 174 Å². The van der Waals surface area contributed by atoms with Crippen molar-refractivity contribution in [2.75, 3.05) is 45.8 Å². The largest absolute Gasteiger partial charge is 0.477 e. The zero-order valence-corrected chi connectivity index (χ0v) is 18.9. The molecule has 168 valence electrons. The first-order chi connectivity index (χ1) is 13.2. The SMILES string of the molecule is CCN(CCN(CCN=CC(=O)O)CC(=O)OC(C)(C)C)CC(=O)OC(C)(C)C. The Bertz CT molecular complexity index is 564. The van der Waals surface area contributed by atoms with Crippen LogP contribution >= 0.6 is 0 Å². The number of nitrogens with zero attached hydrogens (tertiary/aromatic N) is 3. The Morgan fingerprint density at radius 1 is 0.862 bits per heavy atom. The molecular weight excluding hydrogens is 378 g/mol. The van der Waals surface area contributed by atoms with Gasteiger partial charge in [0.25, 0.3) is 0 Å². The van der Waals surface area contributed by atoms with E-state index in [4.69, 9.17) is 14.6 Å². The number of carbonyl (C=O) groups excluding carboxylic acids is 2. The smallest absolute Gasteiger partial charge is 0.346 e. The van der Waals surface area contributed by atoms with E-state index in [-0.39, 0.29) is 31.6 Å². The molecule has 0 aromatic rings. The minimum atomic E-state index is -1.11. The van der Waals surface area contributed by atoms with E-state index in [1.165, 1.54) is 0 Å². The van der Waals surface area contributed by atoms with Crippen molar-refractivity contribution in [1.29, 1.82) is 0 Å². The van der Waals surface area contributed by atoms with Crippen molar-refractivity contribution in [3.8, 4) is 0 Å². The molecule has 0 aliphatic heterocycles. The normalized spacial score (nSPS) is 12.6. The highest BCUT2D eigenvalue weighted by Gasteiger charge is 2.21. The molecule has 1 N–H and O–H groups in total. The van der Waals surface area contributed by atoms with Gasteiger partial charge in [-0.15, -0.1) is 0 Å². The molecule has 0 saturated heterocycles. The number of carbonyl (C=O) groups is 3. The van der Waals surface area contributed by atoms with Gasteiger partial charge in [-0.05, 0) is 48.1 Å². The Morgan fingerprint density at radius 2 is 1.31 bits per heavy atom. The summed E-state index contributed by atoms with van der Waals surface area (Å²) >= 11 is 0. The van der Waals surface area contributed by atoms with Crippen LogP contribution in [0.15, 0.2) is 4.99 Å². The van der Waals surface area contributed by atoms with E-state index in [2.05, 4.69) is 4.99 Å². The maximum absolute atomic E-state index is 12.2. The predicted octanol–water partition coefficient (Wildman–Crippen LogP) is 1.45. The molecule has 0 unspecified atom stereocenters. The number of rotatable bonds is 12. The summed E-state index contributed by atoms with van der Waals surface area (Å²) in [5, 5.41) is 8.64. The Hall–Kier alpha value is -2.00. The first-order valence-corrected chi connectivity index (χ1v) is 9.83. The van der Waals surface area contributed by atoms with Gasteiger partial charge in [-0.3, -0.25) is 24.4 Å². The third kappa shape index (κ3) is 16.6. The molecule has 0 amide bonds. The second-order valence-electron chi connectivity index (χ2n) is 8.69. The quantitative estimate of drug-likeness (QED) is 0.377. The van der Waals surface area contributed by atoms with Crippen molar-refractivity contribution >= 4 is 24.1 Å². The molecule has 0 aliphatic carbocycles. The molecule has 9 nitrogen and oxygen atoms in total. The molecule has 0 spiro atoms. The highest BCUT2D eigenvalue weighted by Crippen LogP contribution is 2.09. The standard InChI is InChI=1S/C20H37N3O6/c1-8-22(14-17(26)28-19(2,3)4)11-12-23(10-9-21-13-16(24)25)15-18(27)29-20(5,6)7/h13H,8-12,14-15H2,1-7H3,(H,24,25). The number of aliphatic carboxylic acids is 1. The third-order valence-electron chi connectivity index (χ3n) is 3.47. The molecule has 0 heterocycles. The van der Waals surface area contributed by atoms with Gasteiger partial charge in [0.15, 0.2) is 0 Å². The summed E-state index contributed by atoms with van der Waals surface area (Å²) in [6.07, 6.45) is 0.840. The van der Waals surface area contributed by atoms with Crippen LogP contribution in [0.3, 0.4) is 0 Å². The number of hydrogen-bond acceptors (Lipinski definition) is 8. The highest BCUT2D eigenvalue weighted by molar-refractivity contribution is 6.21. The fourth-order valence-corrected chi connectivity index (χ4v) is 2.36. The van der Waals surface area contributed by atoms with Crippen LogP contribution in [0.1, 0.15) is 48.5 Å². The zero-order valence-electron chi connectivity index (χ0n) is 18.9. The highest BCUT2D eigenvalue weighted by atomic mass is 16.6. The molecule has 9 heteroatoms. The van der Waals surface area contributed by atoms with Crippen LogP contribution in [0.2, 0.25) is 0 Å². The lowest BCUT2D eigenvalue weighted by Crippen LogP contribution is -2.42. The van der Waals surface area contributed by atoms with E-state index in [1.54, 1.807) is 20.8 Å². The second-order valence-corrected chi connectivity index (χ2v) is 8.69. The molecular formula is C20H37N3O6. The van der Waals surface area contributed by atoms with Gasteiger partial charge in [-0.2, -0.15) is 0 Å². The van der Waals surface area contributed by atoms with E-state index in [1.807, 2.05) is 37.5 Å². The summed E-state index contributed by atoms with van der Waals surface area (Å²) < 4.78 is 10.7. The van der Waals surface area contributed by atoms with Gasteiger partial charge < -0.3 is 14.6 Å². The van der Waals surface area contributed by atoms with Crippen LogP contribution in [0, 0.1) is 0 Å². The van der Waals surface area contributed by atoms with Gasteiger partial charge in [0, 0.05) is 19.6 Å². The van der Waals surface area contributed by atoms with Gasteiger partial charge >= 0.3 is 17.9 Å². The van der Waals surface area contributed by atoms with Gasteiger partial charge in [-0.1, -0.05) is 6.92 Å². The summed E-state index contributed by atoms with van der Waals surface area (Å²) in [5.41, 5.74) is -1.13. The number of aliphatic imine (C=N–C) groups is 1. The summed E-state index contributed by atoms with van der Waals surface area (Å²) in [7, 11) is 0. The monoisotopic (exact) mass is 415 g/mol. The van der Waals surface area contributed by atoms with Crippen molar-refractivity contribution in [3.63, 3.8) is 0 Å². The molecule has 0 aromatic carbocycles. The van der Waals surface area contributed by atoms with Crippen molar-refractivity contribution < 1.29 is 29.0 Å². The molecule has 0 fully saturated rings. The minimum Gasteiger partial charge on any atom is -0.477 e. The molecule has 0 atom stereocenters. The maximum Gasteiger partial charge on any atom is 0.346 e. The van der Waals surface area contributed by atoms with Gasteiger partial charge in [0.05, 0.1) is 19.6 Å². The molecule has 0 saturated carbocycles. The summed E-state index contributed by atoms with van der Waals surface area (Å²) in [6, 6.07) is 0. The molecule has 0 aromatic heterocycles. The zero-order chi connectivity index (χ0) is 22.7. The summed E-state index contributed by atoms with van der Waals surface area (Å²) in [5.74, 6) is -1.78. The lowest BCUT2D eigenvalue weighted by molar-refractivity contribution is -0.158. The Kier molecular flexibility index (Phi) is 11.7. The summed E-state index contributed by atoms with van der Waals surface area (Å²) in [6.45, 7) is 15.3. The van der Waals surface area contributed by atoms with Gasteiger partial charge in [0.2, 0.25) is 0 Å².